The molecule has 2 rings (SSSR count). The Morgan fingerprint density at radius 3 is 3.00 bits per heavy atom. The Morgan fingerprint density at radius 1 is 1.62 bits per heavy atom. The Balaban J connectivity index is 2.23. The number of nitrogens with zero attached hydrogens (tertiary/aromatic N) is 4. The number of thiazole rings is 1. The van der Waals surface area contributed by atoms with Crippen molar-refractivity contribution in [2.45, 2.75) is 13.5 Å². The van der Waals surface area contributed by atoms with E-state index in [-0.39, 0.29) is 0 Å². The van der Waals surface area contributed by atoms with Crippen molar-refractivity contribution >= 4 is 27.3 Å². The van der Waals surface area contributed by atoms with Gasteiger partial charge in [0.05, 0.1) is 18.4 Å². The van der Waals surface area contributed by atoms with Gasteiger partial charge in [0.15, 0.2) is 3.92 Å². The van der Waals surface area contributed by atoms with Crippen LogP contribution in [0.5, 0.6) is 0 Å². The van der Waals surface area contributed by atoms with Crippen LogP contribution in [0, 0.1) is 6.92 Å². The standard InChI is InChI=1S/C7H7BrN4S/c1-5-6(10-7(8)13-5)4-12-3-2-9-11-12/h2-3H,4H2,1H3. The first kappa shape index (κ1) is 8.83. The molecule has 0 unspecified atom stereocenters. The minimum Gasteiger partial charge on any atom is -0.247 e. The average molecular weight is 259 g/mol. The minimum absolute atomic E-state index is 0.688. The highest BCUT2D eigenvalue weighted by atomic mass is 79.9. The zero-order valence-electron chi connectivity index (χ0n) is 6.94. The molecule has 0 aliphatic rings. The predicted molar refractivity (Wildman–Crippen MR) is 53.7 cm³/mol. The summed E-state index contributed by atoms with van der Waals surface area (Å²) in [6.45, 7) is 2.74. The quantitative estimate of drug-likeness (QED) is 0.826. The van der Waals surface area contributed by atoms with Crippen molar-refractivity contribution in [1.82, 2.24) is 20.0 Å². The molecule has 0 saturated heterocycles. The van der Waals surface area contributed by atoms with Crippen molar-refractivity contribution in [2.75, 3.05) is 0 Å². The number of halogens is 1. The summed E-state index contributed by atoms with van der Waals surface area (Å²) in [6.07, 6.45) is 3.49. The predicted octanol–water partition coefficient (Wildman–Crippen LogP) is 1.85. The van der Waals surface area contributed by atoms with Gasteiger partial charge in [-0.25, -0.2) is 9.67 Å². The van der Waals surface area contributed by atoms with E-state index in [9.17, 15) is 0 Å². The first-order valence-corrected chi connectivity index (χ1v) is 5.32. The highest BCUT2D eigenvalue weighted by molar-refractivity contribution is 9.11. The third-order valence-electron chi connectivity index (χ3n) is 1.65. The third-order valence-corrected chi connectivity index (χ3v) is 3.11. The summed E-state index contributed by atoms with van der Waals surface area (Å²) >= 11 is 4.98. The van der Waals surface area contributed by atoms with E-state index in [1.807, 2.05) is 6.20 Å². The number of hydrogen-bond donors (Lipinski definition) is 0. The summed E-state index contributed by atoms with van der Waals surface area (Å²) in [4.78, 5) is 5.54. The van der Waals surface area contributed by atoms with Crippen molar-refractivity contribution in [3.05, 3.63) is 26.9 Å². The lowest BCUT2D eigenvalue weighted by Crippen LogP contribution is -2.01. The van der Waals surface area contributed by atoms with E-state index in [1.54, 1.807) is 22.2 Å². The monoisotopic (exact) mass is 258 g/mol. The van der Waals surface area contributed by atoms with Gasteiger partial charge in [-0.15, -0.1) is 16.4 Å². The van der Waals surface area contributed by atoms with E-state index in [0.29, 0.717) is 6.54 Å². The first-order chi connectivity index (χ1) is 6.25. The second-order valence-electron chi connectivity index (χ2n) is 2.57. The summed E-state index contributed by atoms with van der Waals surface area (Å²) < 4.78 is 2.68. The van der Waals surface area contributed by atoms with Crippen LogP contribution in [-0.4, -0.2) is 20.0 Å². The highest BCUT2D eigenvalue weighted by Gasteiger charge is 2.05. The zero-order valence-corrected chi connectivity index (χ0v) is 9.34. The molecule has 0 aliphatic carbocycles. The molecule has 0 amide bonds. The van der Waals surface area contributed by atoms with Gasteiger partial charge < -0.3 is 0 Å². The molecule has 2 heterocycles. The van der Waals surface area contributed by atoms with Crippen LogP contribution in [0.15, 0.2) is 16.3 Å². The van der Waals surface area contributed by atoms with Crippen molar-refractivity contribution < 1.29 is 0 Å². The van der Waals surface area contributed by atoms with E-state index in [2.05, 4.69) is 38.1 Å². The maximum Gasteiger partial charge on any atom is 0.159 e. The Labute approximate surface area is 87.7 Å². The second-order valence-corrected chi connectivity index (χ2v) is 5.05. The molecule has 0 atom stereocenters. The fraction of sp³-hybridized carbons (Fsp3) is 0.286. The van der Waals surface area contributed by atoms with Crippen LogP contribution in [0.1, 0.15) is 10.6 Å². The lowest BCUT2D eigenvalue weighted by atomic mass is 10.4. The van der Waals surface area contributed by atoms with Crippen LogP contribution < -0.4 is 0 Å². The smallest absolute Gasteiger partial charge is 0.159 e. The molecular formula is C7H7BrN4S. The van der Waals surface area contributed by atoms with E-state index in [0.717, 1.165) is 9.61 Å². The number of hydrogen-bond acceptors (Lipinski definition) is 4. The van der Waals surface area contributed by atoms with Gasteiger partial charge in [0.2, 0.25) is 0 Å². The van der Waals surface area contributed by atoms with Gasteiger partial charge in [-0.1, -0.05) is 5.21 Å². The van der Waals surface area contributed by atoms with Crippen LogP contribution in [0.2, 0.25) is 0 Å². The van der Waals surface area contributed by atoms with Crippen molar-refractivity contribution in [1.29, 1.82) is 0 Å². The summed E-state index contributed by atoms with van der Waals surface area (Å²) in [5.41, 5.74) is 1.04. The first-order valence-electron chi connectivity index (χ1n) is 3.71. The van der Waals surface area contributed by atoms with E-state index in [4.69, 9.17) is 0 Å². The van der Waals surface area contributed by atoms with Gasteiger partial charge in [0.25, 0.3) is 0 Å². The van der Waals surface area contributed by atoms with Gasteiger partial charge in [0.1, 0.15) is 0 Å². The van der Waals surface area contributed by atoms with Gasteiger partial charge in [-0.05, 0) is 22.9 Å². The summed E-state index contributed by atoms with van der Waals surface area (Å²) in [7, 11) is 0. The largest absolute Gasteiger partial charge is 0.247 e. The molecule has 0 fully saturated rings. The van der Waals surface area contributed by atoms with Crippen molar-refractivity contribution in [2.24, 2.45) is 0 Å². The molecule has 0 N–H and O–H groups in total. The number of aromatic nitrogens is 4. The Kier molecular flexibility index (Phi) is 2.41. The zero-order chi connectivity index (χ0) is 9.26. The van der Waals surface area contributed by atoms with Crippen LogP contribution in [0.25, 0.3) is 0 Å². The third kappa shape index (κ3) is 1.94. The summed E-state index contributed by atoms with van der Waals surface area (Å²) in [6, 6.07) is 0. The van der Waals surface area contributed by atoms with Gasteiger partial charge in [0, 0.05) is 11.1 Å². The van der Waals surface area contributed by atoms with Gasteiger partial charge in [-0.3, -0.25) is 0 Å². The molecule has 13 heavy (non-hydrogen) atoms. The highest BCUT2D eigenvalue weighted by Crippen LogP contribution is 2.22. The Bertz CT molecular complexity index is 395. The normalized spacial score (nSPS) is 10.6. The average Bonchev–Trinajstić information content (AvgIpc) is 2.63. The minimum atomic E-state index is 0.688. The van der Waals surface area contributed by atoms with E-state index < -0.39 is 0 Å². The van der Waals surface area contributed by atoms with Crippen molar-refractivity contribution in [3.8, 4) is 0 Å². The molecule has 0 radical (unpaired) electrons. The molecule has 4 nitrogen and oxygen atoms in total. The van der Waals surface area contributed by atoms with Crippen LogP contribution >= 0.6 is 27.3 Å². The molecule has 6 heteroatoms. The topological polar surface area (TPSA) is 43.6 Å². The summed E-state index contributed by atoms with van der Waals surface area (Å²) in [5, 5.41) is 7.61. The fourth-order valence-corrected chi connectivity index (χ4v) is 2.59. The molecule has 0 spiro atoms. The van der Waals surface area contributed by atoms with Crippen LogP contribution in [0.4, 0.5) is 0 Å². The molecule has 2 aromatic rings. The molecule has 0 saturated carbocycles. The molecule has 68 valence electrons. The van der Waals surface area contributed by atoms with E-state index in [1.165, 1.54) is 4.88 Å². The Morgan fingerprint density at radius 2 is 2.46 bits per heavy atom. The van der Waals surface area contributed by atoms with Crippen LogP contribution in [-0.2, 0) is 6.54 Å². The lowest BCUT2D eigenvalue weighted by molar-refractivity contribution is 0.638. The molecule has 0 aromatic carbocycles. The maximum atomic E-state index is 4.33. The van der Waals surface area contributed by atoms with E-state index >= 15 is 0 Å². The van der Waals surface area contributed by atoms with Gasteiger partial charge >= 0.3 is 0 Å². The Hall–Kier alpha value is -0.750. The van der Waals surface area contributed by atoms with Crippen molar-refractivity contribution in [3.63, 3.8) is 0 Å². The SMILES string of the molecule is Cc1sc(Br)nc1Cn1ccnn1. The van der Waals surface area contributed by atoms with Gasteiger partial charge in [-0.2, -0.15) is 0 Å². The second kappa shape index (κ2) is 3.55. The molecule has 2 aromatic heterocycles. The molecule has 0 aliphatic heterocycles. The lowest BCUT2D eigenvalue weighted by Gasteiger charge is -1.96. The number of rotatable bonds is 2. The maximum absolute atomic E-state index is 4.33. The fourth-order valence-electron chi connectivity index (χ4n) is 1.01. The number of aryl methyl sites for hydroxylation is 1. The van der Waals surface area contributed by atoms with Crippen LogP contribution in [0.3, 0.4) is 0 Å². The molecule has 0 bridgehead atoms. The molecular weight excluding hydrogens is 252 g/mol. The summed E-state index contributed by atoms with van der Waals surface area (Å²) in [5.74, 6) is 0.